The van der Waals surface area contributed by atoms with Gasteiger partial charge in [-0.05, 0) is 67.0 Å². The van der Waals surface area contributed by atoms with Gasteiger partial charge in [-0.25, -0.2) is 0 Å². The summed E-state index contributed by atoms with van der Waals surface area (Å²) in [6, 6.07) is 5.34. The van der Waals surface area contributed by atoms with E-state index in [1.54, 1.807) is 18.2 Å². The van der Waals surface area contributed by atoms with Crippen LogP contribution in [0.4, 0.5) is 0 Å². The third-order valence-electron chi connectivity index (χ3n) is 3.05. The highest BCUT2D eigenvalue weighted by Crippen LogP contribution is 2.31. The van der Waals surface area contributed by atoms with Crippen LogP contribution in [0.2, 0.25) is 5.02 Å². The maximum Gasteiger partial charge on any atom is 0.252 e. The van der Waals surface area contributed by atoms with Crippen LogP contribution >= 0.6 is 34.2 Å². The summed E-state index contributed by atoms with van der Waals surface area (Å²) in [5.74, 6) is 0.00302. The van der Waals surface area contributed by atoms with Crippen LogP contribution in [0.3, 0.4) is 0 Å². The summed E-state index contributed by atoms with van der Waals surface area (Å²) in [5, 5.41) is 3.75. The van der Waals surface area contributed by atoms with Crippen molar-refractivity contribution in [2.24, 2.45) is 0 Å². The molecule has 0 atom stereocenters. The van der Waals surface area contributed by atoms with Crippen molar-refractivity contribution in [2.75, 3.05) is 0 Å². The summed E-state index contributed by atoms with van der Waals surface area (Å²) in [6.45, 7) is 2.09. The standard InChI is InChI=1S/C12H13ClINO/c1-12(5-2-6-12)15-11(16)9-4-3-8(13)7-10(9)14/h3-4,7H,2,5-6H2,1H3,(H,15,16). The Morgan fingerprint density at radius 3 is 2.69 bits per heavy atom. The number of hydrogen-bond acceptors (Lipinski definition) is 1. The molecule has 1 aliphatic carbocycles. The Labute approximate surface area is 114 Å². The first-order valence-electron chi connectivity index (χ1n) is 5.28. The van der Waals surface area contributed by atoms with E-state index in [0.717, 1.165) is 16.4 Å². The van der Waals surface area contributed by atoms with Crippen LogP contribution < -0.4 is 5.32 Å². The molecule has 2 rings (SSSR count). The summed E-state index contributed by atoms with van der Waals surface area (Å²) >= 11 is 7.99. The van der Waals surface area contributed by atoms with Crippen molar-refractivity contribution < 1.29 is 4.79 Å². The Morgan fingerprint density at radius 1 is 1.50 bits per heavy atom. The van der Waals surface area contributed by atoms with Crippen LogP contribution in [0.1, 0.15) is 36.5 Å². The van der Waals surface area contributed by atoms with Gasteiger partial charge in [0, 0.05) is 14.1 Å². The zero-order valence-corrected chi connectivity index (χ0v) is 11.9. The molecule has 86 valence electrons. The monoisotopic (exact) mass is 349 g/mol. The first-order chi connectivity index (χ1) is 7.50. The number of halogens is 2. The molecule has 0 aromatic heterocycles. The first-order valence-corrected chi connectivity index (χ1v) is 6.73. The molecule has 0 saturated heterocycles. The van der Waals surface area contributed by atoms with Gasteiger partial charge in [0.15, 0.2) is 0 Å². The number of carbonyl (C=O) groups excluding carboxylic acids is 1. The van der Waals surface area contributed by atoms with E-state index in [0.29, 0.717) is 10.6 Å². The molecule has 2 nitrogen and oxygen atoms in total. The number of hydrogen-bond donors (Lipinski definition) is 1. The fraction of sp³-hybridized carbons (Fsp3) is 0.417. The molecule has 16 heavy (non-hydrogen) atoms. The molecule has 0 radical (unpaired) electrons. The average Bonchev–Trinajstić information content (AvgIpc) is 2.14. The molecule has 4 heteroatoms. The molecule has 0 bridgehead atoms. The summed E-state index contributed by atoms with van der Waals surface area (Å²) in [7, 11) is 0. The predicted octanol–water partition coefficient (Wildman–Crippen LogP) is 3.62. The van der Waals surface area contributed by atoms with Crippen LogP contribution in [0.5, 0.6) is 0 Å². The Bertz CT molecular complexity index is 429. The van der Waals surface area contributed by atoms with Gasteiger partial charge in [0.2, 0.25) is 0 Å². The van der Waals surface area contributed by atoms with E-state index in [9.17, 15) is 4.79 Å². The molecule has 1 aliphatic rings. The van der Waals surface area contributed by atoms with Gasteiger partial charge >= 0.3 is 0 Å². The highest BCUT2D eigenvalue weighted by Gasteiger charge is 2.33. The van der Waals surface area contributed by atoms with Crippen molar-refractivity contribution in [3.05, 3.63) is 32.4 Å². The highest BCUT2D eigenvalue weighted by molar-refractivity contribution is 14.1. The van der Waals surface area contributed by atoms with E-state index in [2.05, 4.69) is 34.8 Å². The molecule has 0 heterocycles. The van der Waals surface area contributed by atoms with Gasteiger partial charge in [0.05, 0.1) is 5.56 Å². The van der Waals surface area contributed by atoms with Crippen molar-refractivity contribution in [3.63, 3.8) is 0 Å². The van der Waals surface area contributed by atoms with E-state index in [1.807, 2.05) is 0 Å². The number of benzene rings is 1. The second-order valence-corrected chi connectivity index (χ2v) is 6.09. The Kier molecular flexibility index (Phi) is 3.45. The van der Waals surface area contributed by atoms with Crippen LogP contribution in [-0.4, -0.2) is 11.4 Å². The first kappa shape index (κ1) is 12.2. The molecule has 1 amide bonds. The molecule has 0 aliphatic heterocycles. The maximum absolute atomic E-state index is 12.0. The third-order valence-corrected chi connectivity index (χ3v) is 4.18. The van der Waals surface area contributed by atoms with Crippen molar-refractivity contribution in [1.29, 1.82) is 0 Å². The highest BCUT2D eigenvalue weighted by atomic mass is 127. The summed E-state index contributed by atoms with van der Waals surface area (Å²) in [6.07, 6.45) is 3.35. The zero-order valence-electron chi connectivity index (χ0n) is 9.02. The van der Waals surface area contributed by atoms with E-state index in [4.69, 9.17) is 11.6 Å². The van der Waals surface area contributed by atoms with Crippen molar-refractivity contribution >= 4 is 40.1 Å². The van der Waals surface area contributed by atoms with Gasteiger partial charge < -0.3 is 5.32 Å². The van der Waals surface area contributed by atoms with Gasteiger partial charge in [0.1, 0.15) is 0 Å². The normalized spacial score (nSPS) is 17.7. The van der Waals surface area contributed by atoms with E-state index < -0.39 is 0 Å². The van der Waals surface area contributed by atoms with Gasteiger partial charge in [-0.2, -0.15) is 0 Å². The van der Waals surface area contributed by atoms with Gasteiger partial charge in [0.25, 0.3) is 5.91 Å². The molecule has 1 fully saturated rings. The smallest absolute Gasteiger partial charge is 0.252 e. The maximum atomic E-state index is 12.0. The summed E-state index contributed by atoms with van der Waals surface area (Å²) in [5.41, 5.74) is 0.706. The Morgan fingerprint density at radius 2 is 2.19 bits per heavy atom. The molecule has 0 unspecified atom stereocenters. The predicted molar refractivity (Wildman–Crippen MR) is 73.9 cm³/mol. The van der Waals surface area contributed by atoms with Gasteiger partial charge in [-0.3, -0.25) is 4.79 Å². The lowest BCUT2D eigenvalue weighted by Gasteiger charge is -2.39. The fourth-order valence-electron chi connectivity index (χ4n) is 1.85. The van der Waals surface area contributed by atoms with Crippen molar-refractivity contribution in [1.82, 2.24) is 5.32 Å². The van der Waals surface area contributed by atoms with Crippen molar-refractivity contribution in [2.45, 2.75) is 31.7 Å². The van der Waals surface area contributed by atoms with E-state index in [-0.39, 0.29) is 11.4 Å². The molecule has 1 aromatic carbocycles. The third kappa shape index (κ3) is 2.51. The number of amides is 1. The van der Waals surface area contributed by atoms with Crippen LogP contribution in [0.25, 0.3) is 0 Å². The lowest BCUT2D eigenvalue weighted by molar-refractivity contribution is 0.0849. The molecule has 1 N–H and O–H groups in total. The van der Waals surface area contributed by atoms with Crippen LogP contribution in [-0.2, 0) is 0 Å². The molecular weight excluding hydrogens is 336 g/mol. The quantitative estimate of drug-likeness (QED) is 0.812. The average molecular weight is 350 g/mol. The van der Waals surface area contributed by atoms with E-state index in [1.165, 1.54) is 6.42 Å². The zero-order chi connectivity index (χ0) is 11.8. The van der Waals surface area contributed by atoms with Crippen LogP contribution in [0.15, 0.2) is 18.2 Å². The minimum absolute atomic E-state index is 0.000199. The SMILES string of the molecule is CC1(NC(=O)c2ccc(Cl)cc2I)CCC1. The lowest BCUT2D eigenvalue weighted by atomic mass is 9.78. The molecule has 1 aromatic rings. The summed E-state index contributed by atoms with van der Waals surface area (Å²) < 4.78 is 0.894. The van der Waals surface area contributed by atoms with Crippen molar-refractivity contribution in [3.8, 4) is 0 Å². The number of nitrogens with one attached hydrogen (secondary N) is 1. The molecule has 0 spiro atoms. The Balaban J connectivity index is 2.14. The minimum Gasteiger partial charge on any atom is -0.347 e. The fourth-order valence-corrected chi connectivity index (χ4v) is 2.96. The second kappa shape index (κ2) is 4.53. The molecular formula is C12H13ClINO. The largest absolute Gasteiger partial charge is 0.347 e. The number of carbonyl (C=O) groups is 1. The second-order valence-electron chi connectivity index (χ2n) is 4.49. The number of rotatable bonds is 2. The van der Waals surface area contributed by atoms with Gasteiger partial charge in [-0.1, -0.05) is 11.6 Å². The summed E-state index contributed by atoms with van der Waals surface area (Å²) in [4.78, 5) is 12.0. The Hall–Kier alpha value is -0.290. The van der Waals surface area contributed by atoms with E-state index >= 15 is 0 Å². The minimum atomic E-state index is -0.000199. The van der Waals surface area contributed by atoms with Crippen LogP contribution in [0, 0.1) is 3.57 Å². The topological polar surface area (TPSA) is 29.1 Å². The van der Waals surface area contributed by atoms with Gasteiger partial charge in [-0.15, -0.1) is 0 Å². The molecule has 1 saturated carbocycles. The lowest BCUT2D eigenvalue weighted by Crippen LogP contribution is -2.51.